The molecule has 0 radical (unpaired) electrons. The molecule has 4 aromatic carbocycles. The number of aromatic nitrogens is 2. The number of sulfone groups is 1. The summed E-state index contributed by atoms with van der Waals surface area (Å²) >= 11 is 7.80. The van der Waals surface area contributed by atoms with Gasteiger partial charge in [0.05, 0.1) is 21.7 Å². The SMILES string of the molecule is CC(CC(Sc1ccccc1)N1CCCCC1)Nc1ccc(S(=O)(=O)Nc2ncnc3c2CCN(C2CCN(Cc4ccccc4-c4ccc(Cl)cc4)CC2)C3)cc1S(=O)(=O)C(F)(F)F. The Kier molecular flexibility index (Phi) is 14.8. The second-order valence-electron chi connectivity index (χ2n) is 17.0. The molecule has 2 fully saturated rings. The Bertz CT molecular complexity index is 2650. The summed E-state index contributed by atoms with van der Waals surface area (Å²) in [5.74, 6) is 0.0135. The Labute approximate surface area is 389 Å². The van der Waals surface area contributed by atoms with E-state index in [0.717, 1.165) is 87.4 Å². The monoisotopic (exact) mass is 967 g/mol. The number of hydrogen-bond donors (Lipinski definition) is 2. The van der Waals surface area contributed by atoms with E-state index < -0.39 is 41.2 Å². The molecule has 3 aliphatic rings. The van der Waals surface area contributed by atoms with Gasteiger partial charge in [-0.2, -0.15) is 13.2 Å². The first-order valence-corrected chi connectivity index (χ1v) is 26.2. The molecule has 2 saturated heterocycles. The van der Waals surface area contributed by atoms with Gasteiger partial charge in [-0.05, 0) is 131 Å². The molecule has 0 aliphatic carbocycles. The number of anilines is 2. The van der Waals surface area contributed by atoms with E-state index in [9.17, 15) is 30.0 Å². The maximum Gasteiger partial charge on any atom is 0.501 e. The van der Waals surface area contributed by atoms with E-state index in [1.807, 2.05) is 60.7 Å². The zero-order valence-electron chi connectivity index (χ0n) is 36.1. The topological polar surface area (TPSA) is 128 Å². The third-order valence-electron chi connectivity index (χ3n) is 12.5. The Balaban J connectivity index is 0.941. The third kappa shape index (κ3) is 11.3. The Morgan fingerprint density at radius 3 is 2.28 bits per heavy atom. The molecule has 8 rings (SSSR count). The highest BCUT2D eigenvalue weighted by Gasteiger charge is 2.48. The molecule has 2 N–H and O–H groups in total. The number of nitrogens with zero attached hydrogens (tertiary/aromatic N) is 5. The number of nitrogens with one attached hydrogen (secondary N) is 2. The minimum absolute atomic E-state index is 0.0135. The van der Waals surface area contributed by atoms with E-state index in [4.69, 9.17) is 11.6 Å². The molecular weight excluding hydrogens is 915 g/mol. The average Bonchev–Trinajstić information content (AvgIpc) is 3.29. The Hall–Kier alpha value is -4.23. The van der Waals surface area contributed by atoms with Crippen LogP contribution < -0.4 is 10.0 Å². The first-order chi connectivity index (χ1) is 31.1. The first kappa shape index (κ1) is 47.3. The molecule has 65 heavy (non-hydrogen) atoms. The highest BCUT2D eigenvalue weighted by atomic mass is 35.5. The van der Waals surface area contributed by atoms with Crippen LogP contribution in [0.4, 0.5) is 24.7 Å². The predicted molar refractivity (Wildman–Crippen MR) is 251 cm³/mol. The summed E-state index contributed by atoms with van der Waals surface area (Å²) in [5.41, 5.74) is -1.21. The third-order valence-corrected chi connectivity index (χ3v) is 17.0. The highest BCUT2D eigenvalue weighted by Crippen LogP contribution is 2.38. The summed E-state index contributed by atoms with van der Waals surface area (Å²) < 4.78 is 99.2. The van der Waals surface area contributed by atoms with E-state index in [2.05, 4.69) is 52.9 Å². The van der Waals surface area contributed by atoms with Gasteiger partial charge in [-0.25, -0.2) is 26.8 Å². The fourth-order valence-corrected chi connectivity index (χ4v) is 12.7. The van der Waals surface area contributed by atoms with Gasteiger partial charge in [-0.1, -0.05) is 72.6 Å². The lowest BCUT2D eigenvalue weighted by Crippen LogP contribution is -2.46. The van der Waals surface area contributed by atoms with E-state index in [-0.39, 0.29) is 16.9 Å². The number of sulfonamides is 1. The minimum Gasteiger partial charge on any atom is -0.381 e. The lowest BCUT2D eigenvalue weighted by atomic mass is 9.96. The lowest BCUT2D eigenvalue weighted by molar-refractivity contribution is -0.0435. The second kappa shape index (κ2) is 20.3. The van der Waals surface area contributed by atoms with Crippen LogP contribution in [0.15, 0.2) is 118 Å². The summed E-state index contributed by atoms with van der Waals surface area (Å²) in [7, 11) is -10.6. The average molecular weight is 969 g/mol. The molecule has 11 nitrogen and oxygen atoms in total. The van der Waals surface area contributed by atoms with Crippen LogP contribution in [0.3, 0.4) is 0 Å². The van der Waals surface area contributed by atoms with Crippen molar-refractivity contribution in [1.82, 2.24) is 24.7 Å². The zero-order valence-corrected chi connectivity index (χ0v) is 39.3. The summed E-state index contributed by atoms with van der Waals surface area (Å²) in [6, 6.07) is 28.7. The molecule has 4 heterocycles. The number of piperidine rings is 2. The molecule has 346 valence electrons. The van der Waals surface area contributed by atoms with Gasteiger partial charge in [0, 0.05) is 47.2 Å². The molecule has 0 amide bonds. The number of halogens is 4. The van der Waals surface area contributed by atoms with Crippen molar-refractivity contribution in [3.05, 3.63) is 125 Å². The standard InChI is InChI=1S/C47H53ClF3N7O4S3/c1-33(28-45(57-23-8-3-9-24-57)63-38-11-4-2-5-12-38)54-42-19-18-39(29-44(42)64(59,60)47(49,50)51)65(61,62)55-46-41-22-27-58(31-43(41)52-32-53-46)37-20-25-56(26-21-37)30-35-10-6-7-13-40(35)34-14-16-36(48)17-15-34/h2,4-7,10-19,29,32-33,37,45,54H,3,8-9,20-28,30-31H2,1H3,(H,52,53,55). The van der Waals surface area contributed by atoms with Gasteiger partial charge in [0.1, 0.15) is 17.0 Å². The molecular formula is C47H53ClF3N7O4S3. The van der Waals surface area contributed by atoms with Gasteiger partial charge in [0.2, 0.25) is 0 Å². The van der Waals surface area contributed by atoms with Gasteiger partial charge in [-0.3, -0.25) is 19.4 Å². The van der Waals surface area contributed by atoms with Crippen molar-refractivity contribution in [1.29, 1.82) is 0 Å². The van der Waals surface area contributed by atoms with Crippen LogP contribution in [0.25, 0.3) is 11.1 Å². The molecule has 0 saturated carbocycles. The van der Waals surface area contributed by atoms with Crippen molar-refractivity contribution in [3.63, 3.8) is 0 Å². The van der Waals surface area contributed by atoms with Gasteiger partial charge in [0.15, 0.2) is 0 Å². The molecule has 3 aliphatic heterocycles. The Morgan fingerprint density at radius 1 is 0.846 bits per heavy atom. The molecule has 2 unspecified atom stereocenters. The van der Waals surface area contributed by atoms with Gasteiger partial charge in [-0.15, -0.1) is 11.8 Å². The van der Waals surface area contributed by atoms with Crippen LogP contribution in [0.2, 0.25) is 5.02 Å². The van der Waals surface area contributed by atoms with Crippen LogP contribution in [0.1, 0.15) is 62.3 Å². The van der Waals surface area contributed by atoms with Gasteiger partial charge in [0.25, 0.3) is 19.9 Å². The zero-order chi connectivity index (χ0) is 45.8. The van der Waals surface area contributed by atoms with Crippen molar-refractivity contribution in [2.75, 3.05) is 42.8 Å². The van der Waals surface area contributed by atoms with E-state index in [1.165, 1.54) is 17.5 Å². The molecule has 0 spiro atoms. The van der Waals surface area contributed by atoms with Crippen molar-refractivity contribution in [3.8, 4) is 11.1 Å². The van der Waals surface area contributed by atoms with Crippen molar-refractivity contribution < 1.29 is 30.0 Å². The maximum atomic E-state index is 14.2. The first-order valence-electron chi connectivity index (χ1n) is 22.0. The van der Waals surface area contributed by atoms with Crippen LogP contribution >= 0.6 is 23.4 Å². The van der Waals surface area contributed by atoms with E-state index >= 15 is 0 Å². The largest absolute Gasteiger partial charge is 0.501 e. The van der Waals surface area contributed by atoms with Crippen molar-refractivity contribution in [2.45, 2.75) is 103 Å². The van der Waals surface area contributed by atoms with Crippen LogP contribution in [0.5, 0.6) is 0 Å². The van der Waals surface area contributed by atoms with Crippen molar-refractivity contribution in [2.24, 2.45) is 0 Å². The summed E-state index contributed by atoms with van der Waals surface area (Å²) in [6.07, 6.45) is 7.27. The number of thioether (sulfide) groups is 1. The summed E-state index contributed by atoms with van der Waals surface area (Å²) in [4.78, 5) is 15.2. The van der Waals surface area contributed by atoms with Crippen molar-refractivity contribution >= 4 is 54.7 Å². The number of benzene rings is 4. The Morgan fingerprint density at radius 2 is 1.55 bits per heavy atom. The second-order valence-corrected chi connectivity index (χ2v) is 22.3. The maximum absolute atomic E-state index is 14.2. The van der Waals surface area contributed by atoms with Gasteiger partial charge < -0.3 is 5.32 Å². The fourth-order valence-electron chi connectivity index (χ4n) is 9.11. The molecule has 18 heteroatoms. The molecule has 5 aromatic rings. The quantitative estimate of drug-likeness (QED) is 0.0974. The lowest BCUT2D eigenvalue weighted by Gasteiger charge is -2.40. The minimum atomic E-state index is -5.98. The number of rotatable bonds is 15. The number of likely N-dealkylation sites (tertiary alicyclic amines) is 2. The molecule has 1 aromatic heterocycles. The molecule has 2 atom stereocenters. The van der Waals surface area contributed by atoms with E-state index in [0.29, 0.717) is 54.3 Å². The number of fused-ring (bicyclic) bond motifs is 1. The molecule has 0 bridgehead atoms. The van der Waals surface area contributed by atoms with Crippen LogP contribution in [0, 0.1) is 0 Å². The smallest absolute Gasteiger partial charge is 0.381 e. The highest BCUT2D eigenvalue weighted by molar-refractivity contribution is 7.99. The summed E-state index contributed by atoms with van der Waals surface area (Å²) in [5, 5.41) is 3.66. The number of hydrogen-bond acceptors (Lipinski definition) is 11. The van der Waals surface area contributed by atoms with E-state index in [1.54, 1.807) is 18.7 Å². The number of alkyl halides is 3. The predicted octanol–water partition coefficient (Wildman–Crippen LogP) is 9.71. The van der Waals surface area contributed by atoms with Crippen LogP contribution in [-0.4, -0.2) is 97.2 Å². The summed E-state index contributed by atoms with van der Waals surface area (Å²) in [6.45, 7) is 7.28. The van der Waals surface area contributed by atoms with Gasteiger partial charge >= 0.3 is 5.51 Å². The van der Waals surface area contributed by atoms with Crippen LogP contribution in [-0.2, 0) is 39.4 Å². The normalized spacial score (nSPS) is 18.2. The fraction of sp³-hybridized carbons (Fsp3) is 0.404.